The molecule has 3 aromatic rings. The van der Waals surface area contributed by atoms with Gasteiger partial charge >= 0.3 is 11.6 Å². The Bertz CT molecular complexity index is 914. The molecule has 0 aliphatic carbocycles. The molecule has 0 aliphatic rings. The maximum Gasteiger partial charge on any atom is 0.336 e. The molecule has 118 valence electrons. The number of benzene rings is 2. The van der Waals surface area contributed by atoms with Crippen molar-refractivity contribution >= 4 is 39.5 Å². The zero-order valence-electron chi connectivity index (χ0n) is 12.7. The fourth-order valence-electron chi connectivity index (χ4n) is 2.52. The van der Waals surface area contributed by atoms with Gasteiger partial charge in [-0.05, 0) is 17.9 Å². The maximum absolute atomic E-state index is 11.9. The van der Waals surface area contributed by atoms with E-state index in [1.807, 2.05) is 36.4 Å². The summed E-state index contributed by atoms with van der Waals surface area (Å²) >= 11 is 1.43. The molecular weight excluding hydrogens is 312 g/mol. The van der Waals surface area contributed by atoms with E-state index >= 15 is 0 Å². The number of carbonyl (C=O) groups excluding carboxylic acids is 1. The molecule has 0 bridgehead atoms. The summed E-state index contributed by atoms with van der Waals surface area (Å²) in [7, 11) is 0. The lowest BCUT2D eigenvalue weighted by Crippen LogP contribution is -2.07. The summed E-state index contributed by atoms with van der Waals surface area (Å²) in [5.41, 5.74) is 1.10. The van der Waals surface area contributed by atoms with Crippen LogP contribution in [0.1, 0.15) is 12.5 Å². The Morgan fingerprint density at radius 3 is 2.83 bits per heavy atom. The van der Waals surface area contributed by atoms with Gasteiger partial charge in [-0.1, -0.05) is 36.4 Å². The molecule has 0 N–H and O–H groups in total. The van der Waals surface area contributed by atoms with Gasteiger partial charge in [0, 0.05) is 22.6 Å². The number of esters is 1. The Hall–Kier alpha value is -2.27. The summed E-state index contributed by atoms with van der Waals surface area (Å²) in [5, 5.41) is 2.85. The topological polar surface area (TPSA) is 56.5 Å². The molecule has 23 heavy (non-hydrogen) atoms. The fraction of sp³-hybridized carbons (Fsp3) is 0.222. The second-order valence-corrected chi connectivity index (χ2v) is 6.04. The minimum atomic E-state index is -0.374. The summed E-state index contributed by atoms with van der Waals surface area (Å²) in [6.45, 7) is 2.16. The normalized spacial score (nSPS) is 11.0. The quantitative estimate of drug-likeness (QED) is 0.406. The highest BCUT2D eigenvalue weighted by atomic mass is 32.2. The molecule has 4 nitrogen and oxygen atoms in total. The van der Waals surface area contributed by atoms with Crippen LogP contribution in [0.3, 0.4) is 0 Å². The first kappa shape index (κ1) is 15.6. The summed E-state index contributed by atoms with van der Waals surface area (Å²) in [5.74, 6) is 0.581. The Balaban J connectivity index is 1.96. The van der Waals surface area contributed by atoms with Gasteiger partial charge in [0.05, 0.1) is 12.4 Å². The van der Waals surface area contributed by atoms with Gasteiger partial charge in [-0.3, -0.25) is 4.79 Å². The minimum Gasteiger partial charge on any atom is -0.465 e. The molecule has 0 saturated carbocycles. The van der Waals surface area contributed by atoms with Gasteiger partial charge in [0.2, 0.25) is 0 Å². The van der Waals surface area contributed by atoms with Gasteiger partial charge in [0.25, 0.3) is 0 Å². The Kier molecular flexibility index (Phi) is 4.67. The lowest BCUT2D eigenvalue weighted by atomic mass is 10.0. The minimum absolute atomic E-state index is 0.241. The molecule has 1 aromatic heterocycles. The summed E-state index contributed by atoms with van der Waals surface area (Å²) < 4.78 is 10.3. The van der Waals surface area contributed by atoms with Crippen LogP contribution in [0.15, 0.2) is 51.7 Å². The van der Waals surface area contributed by atoms with Crippen LogP contribution in [0.25, 0.3) is 21.7 Å². The number of thioether (sulfide) groups is 1. The zero-order chi connectivity index (χ0) is 16.2. The van der Waals surface area contributed by atoms with Crippen LogP contribution in [0.2, 0.25) is 0 Å². The molecule has 0 fully saturated rings. The highest BCUT2D eigenvalue weighted by Crippen LogP contribution is 2.28. The van der Waals surface area contributed by atoms with Gasteiger partial charge in [-0.25, -0.2) is 4.79 Å². The summed E-state index contributed by atoms with van der Waals surface area (Å²) in [6, 6.07) is 13.3. The number of hydrogen-bond acceptors (Lipinski definition) is 5. The molecule has 0 saturated heterocycles. The molecule has 0 unspecified atom stereocenters. The number of carbonyl (C=O) groups is 1. The van der Waals surface area contributed by atoms with E-state index in [0.29, 0.717) is 17.9 Å². The van der Waals surface area contributed by atoms with E-state index in [1.54, 1.807) is 6.92 Å². The number of fused-ring (bicyclic) bond motifs is 3. The third kappa shape index (κ3) is 3.40. The van der Waals surface area contributed by atoms with Crippen molar-refractivity contribution in [1.82, 2.24) is 0 Å². The highest BCUT2D eigenvalue weighted by Gasteiger charge is 2.10. The van der Waals surface area contributed by atoms with Crippen LogP contribution in [-0.4, -0.2) is 18.3 Å². The van der Waals surface area contributed by atoms with E-state index in [9.17, 15) is 9.59 Å². The monoisotopic (exact) mass is 328 g/mol. The predicted octanol–water partition coefficient (Wildman–Crippen LogP) is 3.74. The fourth-order valence-corrected chi connectivity index (χ4v) is 3.33. The molecular formula is C18H16O4S. The van der Waals surface area contributed by atoms with E-state index in [-0.39, 0.29) is 17.3 Å². The lowest BCUT2D eigenvalue weighted by Gasteiger charge is -2.07. The molecule has 1 heterocycles. The van der Waals surface area contributed by atoms with Crippen LogP contribution >= 0.6 is 11.8 Å². The van der Waals surface area contributed by atoms with Crippen LogP contribution in [-0.2, 0) is 15.3 Å². The first-order chi connectivity index (χ1) is 11.2. The molecule has 0 amide bonds. The van der Waals surface area contributed by atoms with Crippen LogP contribution in [0.4, 0.5) is 0 Å². The van der Waals surface area contributed by atoms with Crippen LogP contribution in [0, 0.1) is 0 Å². The second-order valence-electron chi connectivity index (χ2n) is 5.05. The SMILES string of the molecule is CCOC(=O)CSCc1cc(=O)oc2c1ccc1ccccc12. The molecule has 3 rings (SSSR count). The smallest absolute Gasteiger partial charge is 0.336 e. The van der Waals surface area contributed by atoms with Gasteiger partial charge in [-0.2, -0.15) is 0 Å². The van der Waals surface area contributed by atoms with E-state index in [0.717, 1.165) is 21.7 Å². The summed E-state index contributed by atoms with van der Waals surface area (Å²) in [6.07, 6.45) is 0. The highest BCUT2D eigenvalue weighted by molar-refractivity contribution is 7.99. The van der Waals surface area contributed by atoms with E-state index in [4.69, 9.17) is 9.15 Å². The predicted molar refractivity (Wildman–Crippen MR) is 92.8 cm³/mol. The standard InChI is InChI=1S/C18H16O4S/c1-2-21-17(20)11-23-10-13-9-16(19)22-18-14-6-4-3-5-12(14)7-8-15(13)18/h3-9H,2,10-11H2,1H3. The van der Waals surface area contributed by atoms with Gasteiger partial charge in [0.1, 0.15) is 5.58 Å². The number of rotatable bonds is 5. The third-order valence-corrected chi connectivity index (χ3v) is 4.46. The third-order valence-electron chi connectivity index (χ3n) is 3.50. The first-order valence-electron chi connectivity index (χ1n) is 7.37. The Morgan fingerprint density at radius 2 is 2.00 bits per heavy atom. The van der Waals surface area contributed by atoms with Crippen molar-refractivity contribution < 1.29 is 13.9 Å². The molecule has 0 atom stereocenters. The molecule has 5 heteroatoms. The lowest BCUT2D eigenvalue weighted by molar-refractivity contribution is -0.139. The van der Waals surface area contributed by atoms with Crippen molar-refractivity contribution in [3.63, 3.8) is 0 Å². The average molecular weight is 328 g/mol. The van der Waals surface area contributed by atoms with Crippen molar-refractivity contribution in [2.24, 2.45) is 0 Å². The average Bonchev–Trinajstić information content (AvgIpc) is 2.55. The van der Waals surface area contributed by atoms with E-state index in [2.05, 4.69) is 0 Å². The van der Waals surface area contributed by atoms with E-state index < -0.39 is 0 Å². The van der Waals surface area contributed by atoms with Gasteiger partial charge < -0.3 is 9.15 Å². The Labute approximate surface area is 137 Å². The molecule has 0 radical (unpaired) electrons. The molecule has 0 spiro atoms. The Morgan fingerprint density at radius 1 is 1.17 bits per heavy atom. The molecule has 0 aliphatic heterocycles. The van der Waals surface area contributed by atoms with E-state index in [1.165, 1.54) is 17.8 Å². The van der Waals surface area contributed by atoms with Crippen molar-refractivity contribution in [2.75, 3.05) is 12.4 Å². The number of hydrogen-bond donors (Lipinski definition) is 0. The van der Waals surface area contributed by atoms with Crippen LogP contribution in [0.5, 0.6) is 0 Å². The zero-order valence-corrected chi connectivity index (χ0v) is 13.5. The molecule has 2 aromatic carbocycles. The van der Waals surface area contributed by atoms with Crippen molar-refractivity contribution in [1.29, 1.82) is 0 Å². The van der Waals surface area contributed by atoms with Crippen LogP contribution < -0.4 is 5.63 Å². The maximum atomic E-state index is 11.9. The second kappa shape index (κ2) is 6.87. The van der Waals surface area contributed by atoms with Gasteiger partial charge in [-0.15, -0.1) is 11.8 Å². The van der Waals surface area contributed by atoms with Crippen molar-refractivity contribution in [3.05, 3.63) is 58.4 Å². The number of ether oxygens (including phenoxy) is 1. The van der Waals surface area contributed by atoms with Crippen molar-refractivity contribution in [3.8, 4) is 0 Å². The first-order valence-corrected chi connectivity index (χ1v) is 8.52. The largest absolute Gasteiger partial charge is 0.465 e. The summed E-state index contributed by atoms with van der Waals surface area (Å²) in [4.78, 5) is 23.3. The van der Waals surface area contributed by atoms with Gasteiger partial charge in [0.15, 0.2) is 0 Å². The van der Waals surface area contributed by atoms with Crippen molar-refractivity contribution in [2.45, 2.75) is 12.7 Å².